The highest BCUT2D eigenvalue weighted by molar-refractivity contribution is 5.92. The number of rotatable bonds is 4. The lowest BCUT2D eigenvalue weighted by Gasteiger charge is -2.22. The van der Waals surface area contributed by atoms with Crippen molar-refractivity contribution in [3.63, 3.8) is 0 Å². The second-order valence-corrected chi connectivity index (χ2v) is 5.41. The van der Waals surface area contributed by atoms with E-state index in [4.69, 9.17) is 0 Å². The number of carbonyl (C=O) groups excluding carboxylic acids is 1. The second kappa shape index (κ2) is 7.42. The predicted molar refractivity (Wildman–Crippen MR) is 85.1 cm³/mol. The molecule has 3 N–H and O–H groups in total. The van der Waals surface area contributed by atoms with Gasteiger partial charge in [-0.15, -0.1) is 12.4 Å². The van der Waals surface area contributed by atoms with Crippen LogP contribution < -0.4 is 10.6 Å². The Morgan fingerprint density at radius 1 is 1.55 bits per heavy atom. The third kappa shape index (κ3) is 3.66. The summed E-state index contributed by atoms with van der Waals surface area (Å²) >= 11 is 0. The zero-order valence-corrected chi connectivity index (χ0v) is 13.3. The number of nitrogens with one attached hydrogen (secondary N) is 3. The highest BCUT2D eigenvalue weighted by Crippen LogP contribution is 2.16. The molecule has 3 heterocycles. The summed E-state index contributed by atoms with van der Waals surface area (Å²) in [4.78, 5) is 12.2. The molecule has 3 rings (SSSR count). The van der Waals surface area contributed by atoms with Gasteiger partial charge in [0.1, 0.15) is 5.69 Å². The van der Waals surface area contributed by atoms with Gasteiger partial charge in [-0.25, -0.2) is 0 Å². The summed E-state index contributed by atoms with van der Waals surface area (Å²) in [7, 11) is 0. The van der Waals surface area contributed by atoms with E-state index in [2.05, 4.69) is 25.9 Å². The summed E-state index contributed by atoms with van der Waals surface area (Å²) in [5.74, 6) is -0.161. The van der Waals surface area contributed by atoms with E-state index >= 15 is 0 Å². The van der Waals surface area contributed by atoms with E-state index < -0.39 is 0 Å². The molecule has 1 amide bonds. The highest BCUT2D eigenvalue weighted by Gasteiger charge is 2.19. The third-order valence-corrected chi connectivity index (χ3v) is 3.85. The smallest absolute Gasteiger partial charge is 0.272 e. The Hall–Kier alpha value is -1.86. The fraction of sp³-hybridized carbons (Fsp3) is 0.500. The van der Waals surface area contributed by atoms with E-state index in [1.54, 1.807) is 18.5 Å². The van der Waals surface area contributed by atoms with Crippen molar-refractivity contribution in [3.05, 3.63) is 35.9 Å². The van der Waals surface area contributed by atoms with Crippen molar-refractivity contribution in [2.45, 2.75) is 31.8 Å². The van der Waals surface area contributed by atoms with Crippen molar-refractivity contribution < 1.29 is 4.79 Å². The Labute approximate surface area is 135 Å². The lowest BCUT2D eigenvalue weighted by atomic mass is 10.1. The number of nitrogens with zero attached hydrogens (tertiary/aromatic N) is 3. The third-order valence-electron chi connectivity index (χ3n) is 3.85. The number of piperidine rings is 1. The average molecular weight is 325 g/mol. The maximum Gasteiger partial charge on any atom is 0.272 e. The van der Waals surface area contributed by atoms with Crippen LogP contribution in [0.15, 0.2) is 24.7 Å². The SMILES string of the molecule is CC(NC(=O)c1ccn(C2CCCNC2)n1)c1cn[nH]c1.Cl. The number of hydrogen-bond donors (Lipinski definition) is 3. The van der Waals surface area contributed by atoms with E-state index in [-0.39, 0.29) is 24.4 Å². The molecule has 0 radical (unpaired) electrons. The summed E-state index contributed by atoms with van der Waals surface area (Å²) in [6.45, 7) is 3.90. The van der Waals surface area contributed by atoms with Crippen molar-refractivity contribution in [2.24, 2.45) is 0 Å². The van der Waals surface area contributed by atoms with Crippen molar-refractivity contribution in [3.8, 4) is 0 Å². The molecule has 1 fully saturated rings. The van der Waals surface area contributed by atoms with E-state index in [1.165, 1.54) is 0 Å². The minimum atomic E-state index is -0.161. The molecule has 8 heteroatoms. The van der Waals surface area contributed by atoms with Crippen LogP contribution in [0.2, 0.25) is 0 Å². The lowest BCUT2D eigenvalue weighted by Crippen LogP contribution is -2.32. The van der Waals surface area contributed by atoms with Gasteiger partial charge in [0.05, 0.1) is 18.3 Å². The first-order valence-electron chi connectivity index (χ1n) is 7.29. The van der Waals surface area contributed by atoms with Crippen LogP contribution in [-0.4, -0.2) is 39.0 Å². The molecule has 7 nitrogen and oxygen atoms in total. The molecule has 0 spiro atoms. The molecule has 2 aromatic rings. The highest BCUT2D eigenvalue weighted by atomic mass is 35.5. The summed E-state index contributed by atoms with van der Waals surface area (Å²) in [6.07, 6.45) is 7.61. The van der Waals surface area contributed by atoms with Crippen molar-refractivity contribution in [1.82, 2.24) is 30.6 Å². The Morgan fingerprint density at radius 2 is 2.41 bits per heavy atom. The number of aromatic nitrogens is 4. The van der Waals surface area contributed by atoms with Crippen LogP contribution in [0.4, 0.5) is 0 Å². The van der Waals surface area contributed by atoms with Crippen LogP contribution in [0, 0.1) is 0 Å². The zero-order chi connectivity index (χ0) is 14.7. The van der Waals surface area contributed by atoms with Gasteiger partial charge < -0.3 is 10.6 Å². The van der Waals surface area contributed by atoms with Gasteiger partial charge in [-0.05, 0) is 32.4 Å². The van der Waals surface area contributed by atoms with E-state index in [0.29, 0.717) is 11.7 Å². The van der Waals surface area contributed by atoms with Gasteiger partial charge in [0.2, 0.25) is 0 Å². The standard InChI is InChI=1S/C14H20N6O.ClH/c1-10(11-7-16-17-8-11)18-14(21)13-4-6-20(19-13)12-3-2-5-15-9-12;/h4,6-8,10,12,15H,2-3,5,9H2,1H3,(H,16,17)(H,18,21);1H. The van der Waals surface area contributed by atoms with Crippen LogP contribution in [0.3, 0.4) is 0 Å². The molecule has 1 aliphatic rings. The van der Waals surface area contributed by atoms with E-state index in [0.717, 1.165) is 31.5 Å². The number of carbonyl (C=O) groups is 1. The molecule has 0 saturated carbocycles. The molecule has 2 aromatic heterocycles. The van der Waals surface area contributed by atoms with Crippen molar-refractivity contribution in [1.29, 1.82) is 0 Å². The van der Waals surface area contributed by atoms with Crippen LogP contribution in [-0.2, 0) is 0 Å². The van der Waals surface area contributed by atoms with Gasteiger partial charge in [0, 0.05) is 24.5 Å². The summed E-state index contributed by atoms with van der Waals surface area (Å²) in [6, 6.07) is 2.01. The van der Waals surface area contributed by atoms with E-state index in [1.807, 2.05) is 17.8 Å². The Bertz CT molecular complexity index is 590. The minimum absolute atomic E-state index is 0. The van der Waals surface area contributed by atoms with Crippen molar-refractivity contribution in [2.75, 3.05) is 13.1 Å². The molecular weight excluding hydrogens is 304 g/mol. The molecule has 120 valence electrons. The summed E-state index contributed by atoms with van der Waals surface area (Å²) in [5, 5.41) is 17.3. The monoisotopic (exact) mass is 324 g/mol. The summed E-state index contributed by atoms with van der Waals surface area (Å²) in [5.41, 5.74) is 1.40. The molecule has 1 saturated heterocycles. The first-order chi connectivity index (χ1) is 10.2. The molecule has 2 atom stereocenters. The first-order valence-corrected chi connectivity index (χ1v) is 7.29. The molecule has 1 aliphatic heterocycles. The Morgan fingerprint density at radius 3 is 3.09 bits per heavy atom. The zero-order valence-electron chi connectivity index (χ0n) is 12.5. The molecule has 0 aromatic carbocycles. The average Bonchev–Trinajstić information content (AvgIpc) is 3.20. The van der Waals surface area contributed by atoms with Gasteiger partial charge in [-0.2, -0.15) is 10.2 Å². The minimum Gasteiger partial charge on any atom is -0.344 e. The summed E-state index contributed by atoms with van der Waals surface area (Å²) < 4.78 is 1.89. The van der Waals surface area contributed by atoms with Crippen LogP contribution in [0.5, 0.6) is 0 Å². The number of aromatic amines is 1. The normalized spacial score (nSPS) is 19.2. The molecule has 0 aliphatic carbocycles. The molecular formula is C14H21ClN6O. The number of amides is 1. The van der Waals surface area contributed by atoms with Gasteiger partial charge in [-0.3, -0.25) is 14.6 Å². The van der Waals surface area contributed by atoms with Gasteiger partial charge in [0.15, 0.2) is 0 Å². The topological polar surface area (TPSA) is 87.6 Å². The second-order valence-electron chi connectivity index (χ2n) is 5.41. The van der Waals surface area contributed by atoms with Crippen LogP contribution in [0.25, 0.3) is 0 Å². The molecule has 0 bridgehead atoms. The number of hydrogen-bond acceptors (Lipinski definition) is 4. The fourth-order valence-corrected chi connectivity index (χ4v) is 2.57. The maximum absolute atomic E-state index is 12.2. The molecule has 2 unspecified atom stereocenters. The van der Waals surface area contributed by atoms with Gasteiger partial charge >= 0.3 is 0 Å². The van der Waals surface area contributed by atoms with Crippen LogP contribution in [0.1, 0.15) is 47.9 Å². The quantitative estimate of drug-likeness (QED) is 0.794. The Balaban J connectivity index is 0.00000176. The predicted octanol–water partition coefficient (Wildman–Crippen LogP) is 1.44. The Kier molecular flexibility index (Phi) is 5.57. The molecule has 22 heavy (non-hydrogen) atoms. The first kappa shape index (κ1) is 16.5. The maximum atomic E-state index is 12.2. The number of H-pyrrole nitrogens is 1. The van der Waals surface area contributed by atoms with Crippen molar-refractivity contribution >= 4 is 18.3 Å². The van der Waals surface area contributed by atoms with Gasteiger partial charge in [-0.1, -0.05) is 0 Å². The van der Waals surface area contributed by atoms with E-state index in [9.17, 15) is 4.79 Å². The fourth-order valence-electron chi connectivity index (χ4n) is 2.57. The lowest BCUT2D eigenvalue weighted by molar-refractivity contribution is 0.0933. The van der Waals surface area contributed by atoms with Crippen LogP contribution >= 0.6 is 12.4 Å². The van der Waals surface area contributed by atoms with Gasteiger partial charge in [0.25, 0.3) is 5.91 Å². The number of halogens is 1. The largest absolute Gasteiger partial charge is 0.344 e.